The minimum Gasteiger partial charge on any atom is -0.397 e. The van der Waals surface area contributed by atoms with Gasteiger partial charge in [-0.05, 0) is 41.8 Å². The number of aromatic nitrogens is 2. The van der Waals surface area contributed by atoms with Gasteiger partial charge in [-0.2, -0.15) is 0 Å². The predicted octanol–water partition coefficient (Wildman–Crippen LogP) is 6.11. The minimum absolute atomic E-state index is 0.0201. The number of halogens is 1. The fraction of sp³-hybridized carbons (Fsp3) is 0.469. The molecule has 0 fully saturated rings. The van der Waals surface area contributed by atoms with Crippen LogP contribution in [0.15, 0.2) is 30.7 Å². The molecule has 0 saturated heterocycles. The zero-order chi connectivity index (χ0) is 33.3. The molecule has 11 heteroatoms. The van der Waals surface area contributed by atoms with Crippen LogP contribution in [0.4, 0.5) is 21.6 Å². The van der Waals surface area contributed by atoms with Crippen LogP contribution in [0, 0.1) is 18.2 Å². The summed E-state index contributed by atoms with van der Waals surface area (Å²) in [5, 5.41) is 6.23. The lowest BCUT2D eigenvalue weighted by molar-refractivity contribution is -0.121. The number of primary amides is 1. The van der Waals surface area contributed by atoms with E-state index in [0.717, 1.165) is 0 Å². The monoisotopic (exact) mass is 599 g/mol. The highest BCUT2D eigenvalue weighted by atomic mass is 19.1. The van der Waals surface area contributed by atoms with Crippen molar-refractivity contribution in [3.05, 3.63) is 42.1 Å². The Morgan fingerprint density at radius 1 is 0.884 bits per heavy atom. The standard InChI is InChI=1S/C23H26FN7O3.C5H12.2C2H6/c1-12-15(9-28-11-17(12)25)14-7-13-8-19(30-10-16(13)23(27)22(14)24)31-21(34)5-6-29-20(33)4-2-3-18(26)32;1-5(2,3)4;2*1-2/h7-11H,2-6,25,27H2,1H3,(H2,26,32)(H,29,33)(H,30,31,34);1-4H3;2*1-2H3. The number of nitrogens with one attached hydrogen (secondary N) is 2. The number of rotatable bonds is 9. The third kappa shape index (κ3) is 14.0. The van der Waals surface area contributed by atoms with E-state index >= 15 is 4.39 Å². The second kappa shape index (κ2) is 19.0. The maximum atomic E-state index is 15.0. The molecular weight excluding hydrogens is 549 g/mol. The van der Waals surface area contributed by atoms with Gasteiger partial charge in [0, 0.05) is 54.7 Å². The molecule has 0 saturated carbocycles. The Hall–Kier alpha value is -4.28. The van der Waals surface area contributed by atoms with Gasteiger partial charge in [0.2, 0.25) is 17.7 Å². The molecule has 0 spiro atoms. The van der Waals surface area contributed by atoms with Crippen LogP contribution in [-0.2, 0) is 14.4 Å². The van der Waals surface area contributed by atoms with Crippen molar-refractivity contribution in [2.24, 2.45) is 11.1 Å². The van der Waals surface area contributed by atoms with Gasteiger partial charge in [-0.25, -0.2) is 9.37 Å². The number of carbonyl (C=O) groups is 3. The van der Waals surface area contributed by atoms with Crippen molar-refractivity contribution in [3.63, 3.8) is 0 Å². The molecular formula is C32H50FN7O3. The molecule has 3 rings (SSSR count). The number of benzene rings is 1. The maximum absolute atomic E-state index is 15.0. The number of nitrogens with two attached hydrogens (primary N) is 3. The fourth-order valence-electron chi connectivity index (χ4n) is 3.41. The Labute approximate surface area is 255 Å². The smallest absolute Gasteiger partial charge is 0.227 e. The van der Waals surface area contributed by atoms with Crippen LogP contribution in [0.5, 0.6) is 0 Å². The summed E-state index contributed by atoms with van der Waals surface area (Å²) in [5.74, 6) is -1.45. The number of nitrogens with zero attached hydrogens (tertiary/aromatic N) is 2. The highest BCUT2D eigenvalue weighted by molar-refractivity contribution is 6.00. The number of anilines is 3. The van der Waals surface area contributed by atoms with Gasteiger partial charge in [0.25, 0.3) is 0 Å². The average Bonchev–Trinajstić information content (AvgIpc) is 2.93. The van der Waals surface area contributed by atoms with Crippen molar-refractivity contribution in [1.82, 2.24) is 15.3 Å². The van der Waals surface area contributed by atoms with E-state index < -0.39 is 11.7 Å². The second-order valence-electron chi connectivity index (χ2n) is 10.8. The van der Waals surface area contributed by atoms with E-state index in [1.54, 1.807) is 19.1 Å². The SMILES string of the molecule is CC.CC.CC(C)(C)C.Cc1c(N)cncc1-c1cc2cc(NC(=O)CCNC(=O)CCCC(N)=O)ncc2c(N)c1F. The number of hydrogen-bond acceptors (Lipinski definition) is 7. The van der Waals surface area contributed by atoms with E-state index in [9.17, 15) is 14.4 Å². The van der Waals surface area contributed by atoms with Crippen LogP contribution < -0.4 is 27.8 Å². The minimum atomic E-state index is -0.604. The first-order chi connectivity index (χ1) is 20.2. The van der Waals surface area contributed by atoms with Gasteiger partial charge in [-0.1, -0.05) is 55.4 Å². The van der Waals surface area contributed by atoms with Crippen molar-refractivity contribution < 1.29 is 18.8 Å². The lowest BCUT2D eigenvalue weighted by atomic mass is 9.97. The molecule has 0 bridgehead atoms. The highest BCUT2D eigenvalue weighted by Crippen LogP contribution is 2.36. The van der Waals surface area contributed by atoms with E-state index in [1.807, 2.05) is 27.7 Å². The molecule has 2 aromatic heterocycles. The van der Waals surface area contributed by atoms with E-state index in [1.165, 1.54) is 18.6 Å². The average molecular weight is 600 g/mol. The number of pyridine rings is 2. The zero-order valence-electron chi connectivity index (χ0n) is 27.2. The molecule has 0 aliphatic rings. The maximum Gasteiger partial charge on any atom is 0.227 e. The van der Waals surface area contributed by atoms with Gasteiger partial charge in [0.15, 0.2) is 5.82 Å². The number of carbonyl (C=O) groups excluding carboxylic acids is 3. The highest BCUT2D eigenvalue weighted by Gasteiger charge is 2.17. The first kappa shape index (κ1) is 38.7. The molecule has 2 heterocycles. The van der Waals surface area contributed by atoms with Crippen LogP contribution in [0.25, 0.3) is 21.9 Å². The summed E-state index contributed by atoms with van der Waals surface area (Å²) in [4.78, 5) is 42.8. The molecule has 0 aliphatic heterocycles. The van der Waals surface area contributed by atoms with Crippen molar-refractivity contribution >= 4 is 45.7 Å². The topological polar surface area (TPSA) is 179 Å². The molecule has 0 unspecified atom stereocenters. The molecule has 10 nitrogen and oxygen atoms in total. The van der Waals surface area contributed by atoms with Crippen LogP contribution in [0.2, 0.25) is 0 Å². The van der Waals surface area contributed by atoms with E-state index in [2.05, 4.69) is 48.3 Å². The van der Waals surface area contributed by atoms with Gasteiger partial charge >= 0.3 is 0 Å². The summed E-state index contributed by atoms with van der Waals surface area (Å²) in [6.45, 7) is 18.6. The van der Waals surface area contributed by atoms with E-state index in [4.69, 9.17) is 17.2 Å². The number of amides is 3. The van der Waals surface area contributed by atoms with Gasteiger partial charge < -0.3 is 27.8 Å². The summed E-state index contributed by atoms with van der Waals surface area (Å²) in [7, 11) is 0. The first-order valence-electron chi connectivity index (χ1n) is 14.6. The van der Waals surface area contributed by atoms with E-state index in [0.29, 0.717) is 39.4 Å². The second-order valence-corrected chi connectivity index (χ2v) is 10.8. The predicted molar refractivity (Wildman–Crippen MR) is 176 cm³/mol. The lowest BCUT2D eigenvalue weighted by Gasteiger charge is -2.13. The van der Waals surface area contributed by atoms with E-state index in [-0.39, 0.29) is 54.7 Å². The first-order valence-corrected chi connectivity index (χ1v) is 14.6. The van der Waals surface area contributed by atoms with Crippen molar-refractivity contribution in [2.45, 2.75) is 88.0 Å². The Morgan fingerprint density at radius 3 is 2.07 bits per heavy atom. The molecule has 1 aromatic carbocycles. The summed E-state index contributed by atoms with van der Waals surface area (Å²) >= 11 is 0. The quantitative estimate of drug-likeness (QED) is 0.184. The molecule has 0 atom stereocenters. The molecule has 238 valence electrons. The summed E-state index contributed by atoms with van der Waals surface area (Å²) < 4.78 is 15.0. The summed E-state index contributed by atoms with van der Waals surface area (Å²) in [6.07, 6.45) is 5.05. The third-order valence-electron chi connectivity index (χ3n) is 5.31. The number of fused-ring (bicyclic) bond motifs is 1. The van der Waals surface area contributed by atoms with Crippen molar-refractivity contribution in [2.75, 3.05) is 23.3 Å². The van der Waals surface area contributed by atoms with Gasteiger partial charge in [-0.3, -0.25) is 19.4 Å². The van der Waals surface area contributed by atoms with Crippen LogP contribution in [-0.4, -0.2) is 34.2 Å². The lowest BCUT2D eigenvalue weighted by Crippen LogP contribution is -2.27. The van der Waals surface area contributed by atoms with Gasteiger partial charge in [0.05, 0.1) is 17.6 Å². The van der Waals surface area contributed by atoms with Crippen LogP contribution in [0.1, 0.15) is 86.6 Å². The third-order valence-corrected chi connectivity index (χ3v) is 5.31. The van der Waals surface area contributed by atoms with Crippen LogP contribution >= 0.6 is 0 Å². The van der Waals surface area contributed by atoms with Crippen molar-refractivity contribution in [1.29, 1.82) is 0 Å². The molecule has 3 aromatic rings. The summed E-state index contributed by atoms with van der Waals surface area (Å²) in [5.41, 5.74) is 19.3. The normalized spacial score (nSPS) is 10.2. The Morgan fingerprint density at radius 2 is 1.49 bits per heavy atom. The molecule has 43 heavy (non-hydrogen) atoms. The molecule has 3 amide bonds. The molecule has 0 aliphatic carbocycles. The molecule has 0 radical (unpaired) electrons. The number of hydrogen-bond donors (Lipinski definition) is 5. The number of nitrogen functional groups attached to an aromatic ring is 2. The summed E-state index contributed by atoms with van der Waals surface area (Å²) in [6, 6.07) is 3.19. The molecule has 8 N–H and O–H groups in total. The zero-order valence-corrected chi connectivity index (χ0v) is 27.2. The van der Waals surface area contributed by atoms with Crippen molar-refractivity contribution in [3.8, 4) is 11.1 Å². The van der Waals surface area contributed by atoms with Gasteiger partial charge in [0.1, 0.15) is 5.82 Å². The Bertz CT molecular complexity index is 1350. The largest absolute Gasteiger partial charge is 0.397 e. The fourth-order valence-corrected chi connectivity index (χ4v) is 3.41. The Kier molecular flexibility index (Phi) is 17.1. The Balaban J connectivity index is 0.00000174. The van der Waals surface area contributed by atoms with Gasteiger partial charge in [-0.15, -0.1) is 0 Å². The van der Waals surface area contributed by atoms with Crippen LogP contribution in [0.3, 0.4) is 0 Å².